The highest BCUT2D eigenvalue weighted by Crippen LogP contribution is 2.24. The van der Waals surface area contributed by atoms with Crippen LogP contribution in [0.2, 0.25) is 0 Å². The van der Waals surface area contributed by atoms with Crippen LogP contribution in [0.3, 0.4) is 0 Å². The molecule has 126 valence electrons. The number of aryl methyl sites for hydroxylation is 1. The van der Waals surface area contributed by atoms with Gasteiger partial charge in [0.2, 0.25) is 0 Å². The summed E-state index contributed by atoms with van der Waals surface area (Å²) >= 11 is 0. The topological polar surface area (TPSA) is 70.3 Å². The van der Waals surface area contributed by atoms with Gasteiger partial charge in [-0.15, -0.1) is 0 Å². The second-order valence-electron chi connectivity index (χ2n) is 6.12. The van der Waals surface area contributed by atoms with Gasteiger partial charge in [-0.05, 0) is 55.8 Å². The molecular formula is C21H17N5. The zero-order valence-corrected chi connectivity index (χ0v) is 14.6. The molecule has 5 heteroatoms. The molecule has 0 spiro atoms. The lowest BCUT2D eigenvalue weighted by atomic mass is 10.1. The summed E-state index contributed by atoms with van der Waals surface area (Å²) in [6.07, 6.45) is 3.65. The van der Waals surface area contributed by atoms with Crippen LogP contribution >= 0.6 is 0 Å². The number of fused-ring (bicyclic) bond motifs is 1. The first-order valence-corrected chi connectivity index (χ1v) is 8.34. The van der Waals surface area contributed by atoms with Gasteiger partial charge in [-0.1, -0.05) is 18.2 Å². The van der Waals surface area contributed by atoms with E-state index in [-0.39, 0.29) is 0 Å². The number of hydrogen-bond donors (Lipinski definition) is 1. The Morgan fingerprint density at radius 2 is 1.96 bits per heavy atom. The number of nitriles is 1. The fraction of sp³-hybridized carbons (Fsp3) is 0.0952. The molecule has 1 N–H and O–H groups in total. The summed E-state index contributed by atoms with van der Waals surface area (Å²) < 4.78 is 2.08. The highest BCUT2D eigenvalue weighted by molar-refractivity contribution is 5.90. The lowest BCUT2D eigenvalue weighted by Crippen LogP contribution is -2.01. The second-order valence-corrected chi connectivity index (χ2v) is 6.12. The largest absolute Gasteiger partial charge is 0.337 e. The lowest BCUT2D eigenvalue weighted by Gasteiger charge is -2.07. The number of nitrogens with zero attached hydrogens (tertiary/aromatic N) is 4. The molecule has 0 aliphatic carbocycles. The molecule has 3 heterocycles. The molecule has 4 rings (SSSR count). The number of H-pyrrole nitrogens is 1. The van der Waals surface area contributed by atoms with Crippen LogP contribution in [0.4, 0.5) is 0 Å². The summed E-state index contributed by atoms with van der Waals surface area (Å²) in [5, 5.41) is 9.65. The zero-order chi connectivity index (χ0) is 18.1. The number of aromatic nitrogens is 4. The van der Waals surface area contributed by atoms with Crippen molar-refractivity contribution in [2.75, 3.05) is 0 Å². The maximum absolute atomic E-state index is 9.65. The second kappa shape index (κ2) is 6.34. The Labute approximate surface area is 151 Å². The fourth-order valence-electron chi connectivity index (χ4n) is 3.16. The minimum atomic E-state index is 0.502. The van der Waals surface area contributed by atoms with Gasteiger partial charge in [0.1, 0.15) is 17.7 Å². The van der Waals surface area contributed by atoms with E-state index in [1.165, 1.54) is 0 Å². The maximum atomic E-state index is 9.65. The van der Waals surface area contributed by atoms with Crippen LogP contribution in [0.1, 0.15) is 22.8 Å². The number of allylic oxidation sites excluding steroid dienone is 1. The minimum absolute atomic E-state index is 0.502. The third kappa shape index (κ3) is 2.68. The number of imidazole rings is 1. The van der Waals surface area contributed by atoms with Crippen molar-refractivity contribution in [2.45, 2.75) is 13.8 Å². The predicted molar refractivity (Wildman–Crippen MR) is 103 cm³/mol. The average molecular weight is 339 g/mol. The van der Waals surface area contributed by atoms with Crippen LogP contribution in [0.5, 0.6) is 0 Å². The summed E-state index contributed by atoms with van der Waals surface area (Å²) in [4.78, 5) is 12.2. The van der Waals surface area contributed by atoms with E-state index < -0.39 is 0 Å². The molecule has 0 saturated carbocycles. The highest BCUT2D eigenvalue weighted by atomic mass is 15.1. The van der Waals surface area contributed by atoms with E-state index in [0.717, 1.165) is 33.8 Å². The quantitative estimate of drug-likeness (QED) is 0.561. The molecule has 0 atom stereocenters. The van der Waals surface area contributed by atoms with Crippen LogP contribution in [0, 0.1) is 25.2 Å². The van der Waals surface area contributed by atoms with E-state index in [4.69, 9.17) is 0 Å². The van der Waals surface area contributed by atoms with E-state index in [2.05, 4.69) is 31.7 Å². The number of hydrogen-bond acceptors (Lipinski definition) is 3. The van der Waals surface area contributed by atoms with Crippen molar-refractivity contribution in [3.05, 3.63) is 77.5 Å². The van der Waals surface area contributed by atoms with Gasteiger partial charge in [0, 0.05) is 17.6 Å². The predicted octanol–water partition coefficient (Wildman–Crippen LogP) is 4.43. The van der Waals surface area contributed by atoms with E-state index >= 15 is 0 Å². The third-order valence-electron chi connectivity index (χ3n) is 4.41. The van der Waals surface area contributed by atoms with Gasteiger partial charge in [-0.25, -0.2) is 9.97 Å². The van der Waals surface area contributed by atoms with Crippen LogP contribution in [-0.4, -0.2) is 19.5 Å². The van der Waals surface area contributed by atoms with Crippen LogP contribution in [0.15, 0.2) is 54.7 Å². The molecule has 0 saturated heterocycles. The number of pyridine rings is 1. The third-order valence-corrected chi connectivity index (χ3v) is 4.41. The number of benzene rings is 1. The van der Waals surface area contributed by atoms with Crippen LogP contribution < -0.4 is 0 Å². The Hall–Kier alpha value is -3.65. The summed E-state index contributed by atoms with van der Waals surface area (Å²) in [6.45, 7) is 4.06. The average Bonchev–Trinajstić information content (AvgIpc) is 3.21. The minimum Gasteiger partial charge on any atom is -0.337 e. The molecule has 0 unspecified atom stereocenters. The van der Waals surface area contributed by atoms with Crippen molar-refractivity contribution >= 4 is 22.7 Å². The highest BCUT2D eigenvalue weighted by Gasteiger charge is 2.13. The van der Waals surface area contributed by atoms with Crippen LogP contribution in [0.25, 0.3) is 28.5 Å². The van der Waals surface area contributed by atoms with Crippen molar-refractivity contribution in [1.82, 2.24) is 19.5 Å². The Kier molecular flexibility index (Phi) is 3.86. The normalized spacial score (nSPS) is 11.7. The molecule has 1 aromatic carbocycles. The molecule has 0 amide bonds. The van der Waals surface area contributed by atoms with Crippen molar-refractivity contribution < 1.29 is 0 Å². The van der Waals surface area contributed by atoms with Crippen LogP contribution in [-0.2, 0) is 0 Å². The van der Waals surface area contributed by atoms with Crippen molar-refractivity contribution in [3.8, 4) is 11.9 Å². The fourth-order valence-corrected chi connectivity index (χ4v) is 3.16. The molecule has 4 aromatic rings. The number of nitrogens with one attached hydrogen (secondary N) is 1. The van der Waals surface area contributed by atoms with E-state index in [9.17, 15) is 5.26 Å². The van der Waals surface area contributed by atoms with Gasteiger partial charge in [-0.2, -0.15) is 5.26 Å². The molecule has 26 heavy (non-hydrogen) atoms. The maximum Gasteiger partial charge on any atom is 0.149 e. The van der Waals surface area contributed by atoms with Gasteiger partial charge in [0.15, 0.2) is 0 Å². The lowest BCUT2D eigenvalue weighted by molar-refractivity contribution is 0.921. The summed E-state index contributed by atoms with van der Waals surface area (Å²) in [7, 11) is 0. The molecule has 0 fully saturated rings. The van der Waals surface area contributed by atoms with Gasteiger partial charge in [0.25, 0.3) is 0 Å². The first-order chi connectivity index (χ1) is 12.7. The number of rotatable bonds is 3. The Balaban J connectivity index is 1.81. The Morgan fingerprint density at radius 3 is 2.69 bits per heavy atom. The van der Waals surface area contributed by atoms with Gasteiger partial charge in [0.05, 0.1) is 16.6 Å². The molecule has 0 bridgehead atoms. The van der Waals surface area contributed by atoms with Crippen molar-refractivity contribution in [2.24, 2.45) is 0 Å². The van der Waals surface area contributed by atoms with Gasteiger partial charge in [-0.3, -0.25) is 0 Å². The molecule has 0 aliphatic rings. The van der Waals surface area contributed by atoms with Gasteiger partial charge < -0.3 is 9.55 Å². The monoisotopic (exact) mass is 339 g/mol. The zero-order valence-electron chi connectivity index (χ0n) is 14.6. The standard InChI is InChI=1S/C21H17N5/c1-14-11-16(15(2)26(14)20-9-5-6-10-23-20)12-17(13-22)21-24-18-7-3-4-8-19(18)25-21/h3-12H,1-2H3,(H,24,25). The first kappa shape index (κ1) is 15.9. The van der Waals surface area contributed by atoms with Gasteiger partial charge >= 0.3 is 0 Å². The van der Waals surface area contributed by atoms with Crippen molar-refractivity contribution in [1.29, 1.82) is 5.26 Å². The number of aromatic amines is 1. The Morgan fingerprint density at radius 1 is 1.15 bits per heavy atom. The molecule has 0 radical (unpaired) electrons. The van der Waals surface area contributed by atoms with E-state index in [0.29, 0.717) is 11.4 Å². The summed E-state index contributed by atoms with van der Waals surface area (Å²) in [5.74, 6) is 1.45. The molecule has 5 nitrogen and oxygen atoms in total. The van der Waals surface area contributed by atoms with Crippen molar-refractivity contribution in [3.63, 3.8) is 0 Å². The summed E-state index contributed by atoms with van der Waals surface area (Å²) in [5.41, 5.74) is 5.34. The van der Waals surface area contributed by atoms with E-state index in [1.807, 2.05) is 62.4 Å². The molecule has 0 aliphatic heterocycles. The summed E-state index contributed by atoms with van der Waals surface area (Å²) in [6, 6.07) is 17.9. The van der Waals surface area contributed by atoms with E-state index in [1.54, 1.807) is 6.20 Å². The first-order valence-electron chi connectivity index (χ1n) is 8.34. The SMILES string of the molecule is Cc1cc(C=C(C#N)c2nc3ccccc3[nH]2)c(C)n1-c1ccccn1. The smallest absolute Gasteiger partial charge is 0.149 e. The Bertz CT molecular complexity index is 1120. The molecular weight excluding hydrogens is 322 g/mol. The number of para-hydroxylation sites is 2. The molecule has 3 aromatic heterocycles.